The third-order valence-corrected chi connectivity index (χ3v) is 5.57. The number of carbonyl (C=O) groups is 5. The number of amides is 4. The molecular weight excluding hydrogens is 462 g/mol. The van der Waals surface area contributed by atoms with Gasteiger partial charge in [0.1, 0.15) is 18.1 Å². The molecule has 0 aliphatic rings. The molecule has 0 fully saturated rings. The predicted molar refractivity (Wildman–Crippen MR) is 129 cm³/mol. The van der Waals surface area contributed by atoms with Gasteiger partial charge in [-0.25, -0.2) is 0 Å². The zero-order valence-electron chi connectivity index (χ0n) is 19.3. The fourth-order valence-corrected chi connectivity index (χ4v) is 3.41. The average molecular weight is 496 g/mol. The maximum absolute atomic E-state index is 13.0. The molecule has 12 heteroatoms. The van der Waals surface area contributed by atoms with Crippen LogP contribution in [-0.4, -0.2) is 70.9 Å². The van der Waals surface area contributed by atoms with Crippen molar-refractivity contribution in [2.45, 2.75) is 56.8 Å². The highest BCUT2D eigenvalue weighted by Crippen LogP contribution is 2.07. The zero-order chi connectivity index (χ0) is 25.7. The summed E-state index contributed by atoms with van der Waals surface area (Å²) in [5, 5.41) is 16.5. The molecule has 34 heavy (non-hydrogen) atoms. The van der Waals surface area contributed by atoms with Crippen LogP contribution in [0.1, 0.15) is 31.7 Å². The molecule has 0 bridgehead atoms. The molecule has 0 heterocycles. The number of thioether (sulfide) groups is 1. The third kappa shape index (κ3) is 10.7. The standard InChI is InChI=1S/C22H33N5O6S/c1-13(22(32)33)25-21(31)17(12-14-6-4-3-5-7-14)27-20(30)16(8-9-18(24)28)26-19(29)15(23)10-11-34-2/h3-7,13,15-17H,8-12,23H2,1-2H3,(H2,24,28)(H,25,31)(H,26,29)(H,27,30)(H,32,33). The van der Waals surface area contributed by atoms with E-state index in [1.54, 1.807) is 30.3 Å². The summed E-state index contributed by atoms with van der Waals surface area (Å²) >= 11 is 1.52. The van der Waals surface area contributed by atoms with E-state index in [1.165, 1.54) is 18.7 Å². The number of hydrogen-bond donors (Lipinski definition) is 6. The summed E-state index contributed by atoms with van der Waals surface area (Å²) in [5.41, 5.74) is 11.8. The lowest BCUT2D eigenvalue weighted by atomic mass is 10.0. The highest BCUT2D eigenvalue weighted by molar-refractivity contribution is 7.98. The third-order valence-electron chi connectivity index (χ3n) is 4.93. The van der Waals surface area contributed by atoms with Gasteiger partial charge in [0.2, 0.25) is 23.6 Å². The van der Waals surface area contributed by atoms with E-state index >= 15 is 0 Å². The largest absolute Gasteiger partial charge is 0.480 e. The van der Waals surface area contributed by atoms with E-state index in [0.29, 0.717) is 12.2 Å². The summed E-state index contributed by atoms with van der Waals surface area (Å²) in [4.78, 5) is 60.7. The van der Waals surface area contributed by atoms with Gasteiger partial charge in [0.05, 0.1) is 6.04 Å². The first-order valence-corrected chi connectivity index (χ1v) is 12.1. The average Bonchev–Trinajstić information content (AvgIpc) is 2.79. The van der Waals surface area contributed by atoms with Crippen LogP contribution in [0.4, 0.5) is 0 Å². The number of carbonyl (C=O) groups excluding carboxylic acids is 4. The summed E-state index contributed by atoms with van der Waals surface area (Å²) in [6.45, 7) is 1.30. The van der Waals surface area contributed by atoms with Crippen molar-refractivity contribution >= 4 is 41.4 Å². The van der Waals surface area contributed by atoms with E-state index in [9.17, 15) is 24.0 Å². The fraction of sp³-hybridized carbons (Fsp3) is 0.500. The van der Waals surface area contributed by atoms with Gasteiger partial charge >= 0.3 is 5.97 Å². The van der Waals surface area contributed by atoms with Crippen molar-refractivity contribution in [3.05, 3.63) is 35.9 Å². The van der Waals surface area contributed by atoms with Gasteiger partial charge in [-0.15, -0.1) is 0 Å². The molecule has 0 saturated heterocycles. The molecule has 0 aromatic heterocycles. The molecule has 188 valence electrons. The van der Waals surface area contributed by atoms with Crippen LogP contribution in [0, 0.1) is 0 Å². The first-order valence-electron chi connectivity index (χ1n) is 10.8. The van der Waals surface area contributed by atoms with Crippen molar-refractivity contribution in [1.29, 1.82) is 0 Å². The topological polar surface area (TPSA) is 194 Å². The Morgan fingerprint density at radius 3 is 2.09 bits per heavy atom. The van der Waals surface area contributed by atoms with Gasteiger partial charge in [-0.2, -0.15) is 11.8 Å². The predicted octanol–water partition coefficient (Wildman–Crippen LogP) is -0.866. The van der Waals surface area contributed by atoms with Crippen LogP contribution in [0.5, 0.6) is 0 Å². The lowest BCUT2D eigenvalue weighted by Crippen LogP contribution is -2.57. The number of aliphatic carboxylic acids is 1. The maximum atomic E-state index is 13.0. The number of rotatable bonds is 15. The van der Waals surface area contributed by atoms with Crippen LogP contribution in [0.3, 0.4) is 0 Å². The smallest absolute Gasteiger partial charge is 0.325 e. The Hall–Kier alpha value is -3.12. The first kappa shape index (κ1) is 28.9. The summed E-state index contributed by atoms with van der Waals surface area (Å²) in [6.07, 6.45) is 2.08. The second-order valence-electron chi connectivity index (χ2n) is 7.77. The number of hydrogen-bond acceptors (Lipinski definition) is 7. The lowest BCUT2D eigenvalue weighted by molar-refractivity contribution is -0.141. The minimum absolute atomic E-state index is 0.0779. The SMILES string of the molecule is CSCCC(N)C(=O)NC(CCC(N)=O)C(=O)NC(Cc1ccccc1)C(=O)NC(C)C(=O)O. The molecule has 0 aliphatic heterocycles. The van der Waals surface area contributed by atoms with Crippen molar-refractivity contribution in [2.24, 2.45) is 11.5 Å². The molecule has 11 nitrogen and oxygen atoms in total. The van der Waals surface area contributed by atoms with Crippen molar-refractivity contribution in [2.75, 3.05) is 12.0 Å². The van der Waals surface area contributed by atoms with E-state index in [4.69, 9.17) is 16.6 Å². The molecule has 0 aliphatic carbocycles. The van der Waals surface area contributed by atoms with E-state index in [0.717, 1.165) is 5.56 Å². The quantitative estimate of drug-likeness (QED) is 0.181. The molecule has 1 rings (SSSR count). The first-order chi connectivity index (χ1) is 16.0. The van der Waals surface area contributed by atoms with Crippen LogP contribution in [-0.2, 0) is 30.4 Å². The number of benzene rings is 1. The van der Waals surface area contributed by atoms with Crippen molar-refractivity contribution < 1.29 is 29.1 Å². The Labute approximate surface area is 202 Å². The van der Waals surface area contributed by atoms with E-state index in [2.05, 4.69) is 16.0 Å². The second kappa shape index (κ2) is 14.9. The number of primary amides is 1. The Kier molecular flexibility index (Phi) is 12.7. The number of carboxylic acid groups (broad SMARTS) is 1. The normalized spacial score (nSPS) is 14.2. The molecule has 0 saturated carbocycles. The number of carboxylic acids is 1. The molecule has 4 unspecified atom stereocenters. The molecule has 8 N–H and O–H groups in total. The molecule has 4 atom stereocenters. The highest BCUT2D eigenvalue weighted by atomic mass is 32.2. The van der Waals surface area contributed by atoms with Crippen LogP contribution in [0.15, 0.2) is 30.3 Å². The molecule has 4 amide bonds. The summed E-state index contributed by atoms with van der Waals surface area (Å²) in [6, 6.07) is 4.50. The summed E-state index contributed by atoms with van der Waals surface area (Å²) < 4.78 is 0. The maximum Gasteiger partial charge on any atom is 0.325 e. The van der Waals surface area contributed by atoms with Gasteiger partial charge < -0.3 is 32.5 Å². The molecule has 0 spiro atoms. The molecule has 1 aromatic rings. The van der Waals surface area contributed by atoms with E-state index in [1.807, 2.05) is 6.26 Å². The fourth-order valence-electron chi connectivity index (χ4n) is 2.92. The van der Waals surface area contributed by atoms with E-state index in [-0.39, 0.29) is 19.3 Å². The molecule has 1 aromatic carbocycles. The van der Waals surface area contributed by atoms with Crippen LogP contribution < -0.4 is 27.4 Å². The van der Waals surface area contributed by atoms with Crippen LogP contribution in [0.2, 0.25) is 0 Å². The van der Waals surface area contributed by atoms with Gasteiger partial charge in [-0.3, -0.25) is 24.0 Å². The molecular formula is C22H33N5O6S. The number of nitrogens with one attached hydrogen (secondary N) is 3. The van der Waals surface area contributed by atoms with Gasteiger partial charge in [0.25, 0.3) is 0 Å². The van der Waals surface area contributed by atoms with Gasteiger partial charge in [-0.05, 0) is 37.3 Å². The Morgan fingerprint density at radius 1 is 0.941 bits per heavy atom. The Balaban J connectivity index is 3.03. The van der Waals surface area contributed by atoms with Gasteiger partial charge in [0.15, 0.2) is 0 Å². The number of nitrogens with two attached hydrogens (primary N) is 2. The molecule has 0 radical (unpaired) electrons. The summed E-state index contributed by atoms with van der Waals surface area (Å²) in [7, 11) is 0. The summed E-state index contributed by atoms with van der Waals surface area (Å²) in [5.74, 6) is -3.23. The van der Waals surface area contributed by atoms with Crippen LogP contribution in [0.25, 0.3) is 0 Å². The van der Waals surface area contributed by atoms with Gasteiger partial charge in [0, 0.05) is 12.8 Å². The monoisotopic (exact) mass is 495 g/mol. The van der Waals surface area contributed by atoms with Gasteiger partial charge in [-0.1, -0.05) is 30.3 Å². The van der Waals surface area contributed by atoms with Crippen molar-refractivity contribution in [3.8, 4) is 0 Å². The van der Waals surface area contributed by atoms with Crippen molar-refractivity contribution in [3.63, 3.8) is 0 Å². The Morgan fingerprint density at radius 2 is 1.53 bits per heavy atom. The highest BCUT2D eigenvalue weighted by Gasteiger charge is 2.29. The minimum atomic E-state index is -1.23. The van der Waals surface area contributed by atoms with Crippen molar-refractivity contribution in [1.82, 2.24) is 16.0 Å². The van der Waals surface area contributed by atoms with Crippen LogP contribution >= 0.6 is 11.8 Å². The zero-order valence-corrected chi connectivity index (χ0v) is 20.1. The van der Waals surface area contributed by atoms with E-state index < -0.39 is 53.8 Å². The second-order valence-corrected chi connectivity index (χ2v) is 8.76. The Bertz CT molecular complexity index is 853. The minimum Gasteiger partial charge on any atom is -0.480 e. The lowest BCUT2D eigenvalue weighted by Gasteiger charge is -2.24.